The maximum atomic E-state index is 11.8. The molecule has 0 rings (SSSR count). The first-order chi connectivity index (χ1) is 8.77. The van der Waals surface area contributed by atoms with Crippen LogP contribution in [0, 0.1) is 5.92 Å². The van der Waals surface area contributed by atoms with Crippen LogP contribution in [0.3, 0.4) is 0 Å². The van der Waals surface area contributed by atoms with Gasteiger partial charge in [-0.15, -0.1) is 0 Å². The van der Waals surface area contributed by atoms with E-state index in [9.17, 15) is 14.4 Å². The molecule has 0 aromatic rings. The molecule has 0 aromatic heterocycles. The van der Waals surface area contributed by atoms with E-state index in [4.69, 9.17) is 5.11 Å². The smallest absolute Gasteiger partial charge is 0.328 e. The van der Waals surface area contributed by atoms with Crippen LogP contribution in [0.5, 0.6) is 0 Å². The Bertz CT molecular complexity index is 330. The van der Waals surface area contributed by atoms with E-state index in [-0.39, 0.29) is 18.9 Å². The van der Waals surface area contributed by atoms with Gasteiger partial charge in [0, 0.05) is 13.6 Å². The first-order valence-corrected chi connectivity index (χ1v) is 6.09. The predicted molar refractivity (Wildman–Crippen MR) is 68.7 cm³/mol. The molecule has 0 radical (unpaired) electrons. The van der Waals surface area contributed by atoms with Crippen LogP contribution in [0.15, 0.2) is 0 Å². The van der Waals surface area contributed by atoms with Crippen LogP contribution in [0.4, 0.5) is 4.79 Å². The van der Waals surface area contributed by atoms with Crippen LogP contribution in [0.1, 0.15) is 26.7 Å². The molecule has 0 bridgehead atoms. The van der Waals surface area contributed by atoms with Gasteiger partial charge in [-0.3, -0.25) is 4.79 Å². The summed E-state index contributed by atoms with van der Waals surface area (Å²) in [6.45, 7) is 3.93. The molecule has 0 heterocycles. The number of esters is 1. The van der Waals surface area contributed by atoms with E-state index in [1.807, 2.05) is 13.8 Å². The Morgan fingerprint density at radius 2 is 1.89 bits per heavy atom. The van der Waals surface area contributed by atoms with Gasteiger partial charge < -0.3 is 20.1 Å². The molecule has 7 heteroatoms. The van der Waals surface area contributed by atoms with Crippen molar-refractivity contribution in [3.63, 3.8) is 0 Å². The maximum Gasteiger partial charge on any atom is 0.328 e. The van der Waals surface area contributed by atoms with Gasteiger partial charge >= 0.3 is 18.0 Å². The highest BCUT2D eigenvalue weighted by atomic mass is 16.5. The Labute approximate surface area is 112 Å². The number of nitrogens with zero attached hydrogens (tertiary/aromatic N) is 1. The number of hydrogen-bond acceptors (Lipinski definition) is 4. The third-order valence-electron chi connectivity index (χ3n) is 2.50. The van der Waals surface area contributed by atoms with Crippen molar-refractivity contribution < 1.29 is 24.2 Å². The molecular weight excluding hydrogens is 252 g/mol. The highest BCUT2D eigenvalue weighted by molar-refractivity contribution is 5.83. The van der Waals surface area contributed by atoms with Gasteiger partial charge in [-0.25, -0.2) is 9.59 Å². The van der Waals surface area contributed by atoms with Crippen molar-refractivity contribution in [1.82, 2.24) is 10.2 Å². The fraction of sp³-hybridized carbons (Fsp3) is 0.750. The first-order valence-electron chi connectivity index (χ1n) is 6.09. The van der Waals surface area contributed by atoms with Gasteiger partial charge in [0.15, 0.2) is 0 Å². The summed E-state index contributed by atoms with van der Waals surface area (Å²) >= 11 is 0. The molecule has 0 aliphatic carbocycles. The Balaban J connectivity index is 4.44. The summed E-state index contributed by atoms with van der Waals surface area (Å²) < 4.78 is 4.63. The molecular formula is C12H22N2O5. The topological polar surface area (TPSA) is 95.9 Å². The predicted octanol–water partition coefficient (Wildman–Crippen LogP) is 0.690. The van der Waals surface area contributed by atoms with E-state index < -0.39 is 24.0 Å². The third-order valence-corrected chi connectivity index (χ3v) is 2.50. The third kappa shape index (κ3) is 7.28. The van der Waals surface area contributed by atoms with E-state index in [2.05, 4.69) is 10.1 Å². The lowest BCUT2D eigenvalue weighted by molar-refractivity contribution is -0.143. The second-order valence-corrected chi connectivity index (χ2v) is 4.72. The molecule has 2 N–H and O–H groups in total. The molecule has 0 aromatic carbocycles. The molecule has 1 unspecified atom stereocenters. The summed E-state index contributed by atoms with van der Waals surface area (Å²) in [6, 6.07) is -1.21. The van der Waals surface area contributed by atoms with E-state index in [0.29, 0.717) is 6.42 Å². The molecule has 2 amide bonds. The lowest BCUT2D eigenvalue weighted by Gasteiger charge is -2.22. The van der Waals surface area contributed by atoms with Crippen molar-refractivity contribution in [2.45, 2.75) is 32.7 Å². The van der Waals surface area contributed by atoms with Crippen LogP contribution in [0.25, 0.3) is 0 Å². The molecule has 1 atom stereocenters. The SMILES string of the molecule is COC(=O)C(CC(C)C)NC(=O)N(C)CCC(=O)O. The minimum absolute atomic E-state index is 0.0801. The number of urea groups is 1. The van der Waals surface area contributed by atoms with Gasteiger partial charge in [0.25, 0.3) is 0 Å². The number of carbonyl (C=O) groups is 3. The van der Waals surface area contributed by atoms with Crippen LogP contribution in [-0.2, 0) is 14.3 Å². The highest BCUT2D eigenvalue weighted by Crippen LogP contribution is 2.06. The summed E-state index contributed by atoms with van der Waals surface area (Å²) in [6.07, 6.45) is 0.322. The molecule has 110 valence electrons. The number of ether oxygens (including phenoxy) is 1. The van der Waals surface area contributed by atoms with Crippen LogP contribution >= 0.6 is 0 Å². The lowest BCUT2D eigenvalue weighted by Crippen LogP contribution is -2.48. The number of aliphatic carboxylic acids is 1. The fourth-order valence-corrected chi connectivity index (χ4v) is 1.45. The molecule has 19 heavy (non-hydrogen) atoms. The van der Waals surface area contributed by atoms with Crippen molar-refractivity contribution in [2.24, 2.45) is 5.92 Å². The first kappa shape index (κ1) is 17.2. The maximum absolute atomic E-state index is 11.8. The van der Waals surface area contributed by atoms with E-state index in [1.54, 1.807) is 0 Å². The van der Waals surface area contributed by atoms with Crippen molar-refractivity contribution in [2.75, 3.05) is 20.7 Å². The summed E-state index contributed by atoms with van der Waals surface area (Å²) in [5, 5.41) is 11.1. The Hall–Kier alpha value is -1.79. The van der Waals surface area contributed by atoms with Crippen LogP contribution < -0.4 is 5.32 Å². The molecule has 0 aliphatic rings. The Kier molecular flexibility index (Phi) is 7.55. The van der Waals surface area contributed by atoms with E-state index in [1.165, 1.54) is 19.1 Å². The Morgan fingerprint density at radius 3 is 2.32 bits per heavy atom. The molecule has 0 fully saturated rings. The zero-order chi connectivity index (χ0) is 15.0. The normalized spacial score (nSPS) is 11.8. The Morgan fingerprint density at radius 1 is 1.32 bits per heavy atom. The second kappa shape index (κ2) is 8.34. The number of carboxylic acids is 1. The van der Waals surface area contributed by atoms with Crippen molar-refractivity contribution in [1.29, 1.82) is 0 Å². The molecule has 0 spiro atoms. The quantitative estimate of drug-likeness (QED) is 0.666. The number of hydrogen-bond donors (Lipinski definition) is 2. The van der Waals surface area contributed by atoms with E-state index in [0.717, 1.165) is 0 Å². The van der Waals surface area contributed by atoms with Crippen LogP contribution in [-0.4, -0.2) is 54.7 Å². The minimum Gasteiger partial charge on any atom is -0.481 e. The number of methoxy groups -OCH3 is 1. The van der Waals surface area contributed by atoms with Crippen molar-refractivity contribution >= 4 is 18.0 Å². The van der Waals surface area contributed by atoms with Gasteiger partial charge in [0.05, 0.1) is 13.5 Å². The van der Waals surface area contributed by atoms with E-state index >= 15 is 0 Å². The molecule has 0 saturated carbocycles. The highest BCUT2D eigenvalue weighted by Gasteiger charge is 2.24. The largest absolute Gasteiger partial charge is 0.481 e. The zero-order valence-electron chi connectivity index (χ0n) is 11.8. The average Bonchev–Trinajstić information content (AvgIpc) is 2.33. The average molecular weight is 274 g/mol. The second-order valence-electron chi connectivity index (χ2n) is 4.72. The number of rotatable bonds is 7. The summed E-state index contributed by atoms with van der Waals surface area (Å²) in [4.78, 5) is 34.9. The number of carbonyl (C=O) groups excluding carboxylic acids is 2. The van der Waals surface area contributed by atoms with Gasteiger partial charge in [-0.1, -0.05) is 13.8 Å². The molecule has 0 saturated heterocycles. The zero-order valence-corrected chi connectivity index (χ0v) is 11.8. The summed E-state index contributed by atoms with van der Waals surface area (Å²) in [5.41, 5.74) is 0. The van der Waals surface area contributed by atoms with Crippen LogP contribution in [0.2, 0.25) is 0 Å². The van der Waals surface area contributed by atoms with Crippen molar-refractivity contribution in [3.8, 4) is 0 Å². The van der Waals surface area contributed by atoms with Gasteiger partial charge in [0.1, 0.15) is 6.04 Å². The van der Waals surface area contributed by atoms with Crippen molar-refractivity contribution in [3.05, 3.63) is 0 Å². The van der Waals surface area contributed by atoms with Gasteiger partial charge in [-0.2, -0.15) is 0 Å². The fourth-order valence-electron chi connectivity index (χ4n) is 1.45. The van der Waals surface area contributed by atoms with Gasteiger partial charge in [-0.05, 0) is 12.3 Å². The molecule has 7 nitrogen and oxygen atoms in total. The standard InChI is InChI=1S/C12H22N2O5/c1-8(2)7-9(11(17)19-4)13-12(18)14(3)6-5-10(15)16/h8-9H,5-7H2,1-4H3,(H,13,18)(H,15,16). The summed E-state index contributed by atoms with van der Waals surface area (Å²) in [7, 11) is 2.73. The van der Waals surface area contributed by atoms with Gasteiger partial charge in [0.2, 0.25) is 0 Å². The number of amides is 2. The monoisotopic (exact) mass is 274 g/mol. The number of carboxylic acid groups (broad SMARTS) is 1. The summed E-state index contributed by atoms with van der Waals surface area (Å²) in [5.74, 6) is -1.27. The molecule has 0 aliphatic heterocycles. The minimum atomic E-state index is -0.980. The number of nitrogens with one attached hydrogen (secondary N) is 1. The lowest BCUT2D eigenvalue weighted by atomic mass is 10.0.